The molecule has 1 aliphatic rings. The number of hydrogen-bond acceptors (Lipinski definition) is 4. The summed E-state index contributed by atoms with van der Waals surface area (Å²) >= 11 is 6.10. The topological polar surface area (TPSA) is 49.2 Å². The minimum atomic E-state index is -0.294. The van der Waals surface area contributed by atoms with Crippen LogP contribution in [0.2, 0.25) is 5.02 Å². The van der Waals surface area contributed by atoms with Gasteiger partial charge in [-0.05, 0) is 54.6 Å². The first-order chi connectivity index (χ1) is 15.2. The van der Waals surface area contributed by atoms with Crippen molar-refractivity contribution < 1.29 is 13.9 Å². The number of aromatic nitrogens is 3. The molecule has 1 aliphatic heterocycles. The van der Waals surface area contributed by atoms with Crippen LogP contribution in [0.25, 0.3) is 38.8 Å². The Labute approximate surface area is 181 Å². The number of halogens is 2. The highest BCUT2D eigenvalue weighted by Crippen LogP contribution is 2.39. The van der Waals surface area contributed by atoms with Gasteiger partial charge in [0.25, 0.3) is 0 Å². The average Bonchev–Trinajstić information content (AvgIpc) is 3.19. The SMILES string of the molecule is Fc1ccc(-c2nn(-c3ccc(Cl)cc3)c3c2cnc2cc4c(cc23)OCCO4)cc1. The number of ether oxygens (including phenoxy) is 2. The Hall–Kier alpha value is -3.64. The van der Waals surface area contributed by atoms with Crippen molar-refractivity contribution in [1.82, 2.24) is 14.8 Å². The fourth-order valence-corrected chi connectivity index (χ4v) is 4.04. The number of benzene rings is 3. The van der Waals surface area contributed by atoms with Crippen LogP contribution in [0.3, 0.4) is 0 Å². The quantitative estimate of drug-likeness (QED) is 0.354. The van der Waals surface area contributed by atoms with Crippen LogP contribution in [0.15, 0.2) is 66.9 Å². The maximum atomic E-state index is 13.5. The van der Waals surface area contributed by atoms with E-state index in [4.69, 9.17) is 26.2 Å². The van der Waals surface area contributed by atoms with Gasteiger partial charge in [-0.25, -0.2) is 9.07 Å². The highest BCUT2D eigenvalue weighted by Gasteiger charge is 2.20. The summed E-state index contributed by atoms with van der Waals surface area (Å²) in [6.07, 6.45) is 1.80. The Bertz CT molecular complexity index is 1450. The number of hydrogen-bond donors (Lipinski definition) is 0. The van der Waals surface area contributed by atoms with Crippen LogP contribution in [0, 0.1) is 5.82 Å². The fourth-order valence-electron chi connectivity index (χ4n) is 3.91. The van der Waals surface area contributed by atoms with Gasteiger partial charge in [-0.15, -0.1) is 0 Å². The number of nitrogens with zero attached hydrogens (tertiary/aromatic N) is 3. The summed E-state index contributed by atoms with van der Waals surface area (Å²) in [5.41, 5.74) is 4.03. The molecule has 6 rings (SSSR count). The molecule has 3 aromatic carbocycles. The van der Waals surface area contributed by atoms with Gasteiger partial charge < -0.3 is 9.47 Å². The van der Waals surface area contributed by atoms with Gasteiger partial charge in [0.05, 0.1) is 16.7 Å². The van der Waals surface area contributed by atoms with Crippen LogP contribution >= 0.6 is 11.6 Å². The monoisotopic (exact) mass is 431 g/mol. The second kappa shape index (κ2) is 6.96. The van der Waals surface area contributed by atoms with Crippen molar-refractivity contribution in [2.24, 2.45) is 0 Å². The van der Waals surface area contributed by atoms with E-state index in [0.717, 1.165) is 33.1 Å². The second-order valence-corrected chi connectivity index (χ2v) is 7.71. The summed E-state index contributed by atoms with van der Waals surface area (Å²) in [7, 11) is 0. The molecule has 0 amide bonds. The molecular weight excluding hydrogens is 417 g/mol. The van der Waals surface area contributed by atoms with Crippen LogP contribution in [0.1, 0.15) is 0 Å². The summed E-state index contributed by atoms with van der Waals surface area (Å²) in [6.45, 7) is 1.01. The molecule has 2 aromatic heterocycles. The minimum absolute atomic E-state index is 0.294. The molecule has 5 aromatic rings. The predicted octanol–water partition coefficient (Wildman–Crippen LogP) is 5.80. The van der Waals surface area contributed by atoms with Crippen LogP contribution in [-0.4, -0.2) is 28.0 Å². The summed E-state index contributed by atoms with van der Waals surface area (Å²) in [5.74, 6) is 1.07. The standard InChI is InChI=1S/C24H15ClFN3O2/c25-15-3-7-17(8-4-15)29-24-18-11-21-22(31-10-9-30-21)12-20(18)27-13-19(24)23(28-29)14-1-5-16(26)6-2-14/h1-8,11-13H,9-10H2. The molecule has 0 bridgehead atoms. The Morgan fingerprint density at radius 1 is 0.871 bits per heavy atom. The van der Waals surface area contributed by atoms with Gasteiger partial charge in [-0.3, -0.25) is 4.98 Å². The molecule has 5 nitrogen and oxygen atoms in total. The van der Waals surface area contributed by atoms with Gasteiger partial charge in [-0.2, -0.15) is 5.10 Å². The second-order valence-electron chi connectivity index (χ2n) is 7.28. The van der Waals surface area contributed by atoms with Gasteiger partial charge >= 0.3 is 0 Å². The highest BCUT2D eigenvalue weighted by molar-refractivity contribution is 6.30. The summed E-state index contributed by atoms with van der Waals surface area (Å²) in [4.78, 5) is 4.66. The van der Waals surface area contributed by atoms with Crippen molar-refractivity contribution in [3.05, 3.63) is 77.7 Å². The predicted molar refractivity (Wildman–Crippen MR) is 118 cm³/mol. The van der Waals surface area contributed by atoms with E-state index in [0.29, 0.717) is 35.4 Å². The lowest BCUT2D eigenvalue weighted by Gasteiger charge is -2.19. The van der Waals surface area contributed by atoms with E-state index >= 15 is 0 Å². The molecule has 7 heteroatoms. The summed E-state index contributed by atoms with van der Waals surface area (Å²) in [5, 5.41) is 7.27. The van der Waals surface area contributed by atoms with Crippen molar-refractivity contribution in [1.29, 1.82) is 0 Å². The zero-order valence-corrected chi connectivity index (χ0v) is 16.9. The molecule has 0 saturated carbocycles. The molecule has 0 spiro atoms. The number of rotatable bonds is 2. The van der Waals surface area contributed by atoms with Crippen molar-refractivity contribution >= 4 is 33.4 Å². The van der Waals surface area contributed by atoms with Gasteiger partial charge in [0.2, 0.25) is 0 Å². The van der Waals surface area contributed by atoms with Crippen LogP contribution < -0.4 is 9.47 Å². The van der Waals surface area contributed by atoms with Crippen molar-refractivity contribution in [3.63, 3.8) is 0 Å². The first-order valence-corrected chi connectivity index (χ1v) is 10.2. The third-order valence-electron chi connectivity index (χ3n) is 5.36. The highest BCUT2D eigenvalue weighted by atomic mass is 35.5. The first-order valence-electron chi connectivity index (χ1n) is 9.80. The van der Waals surface area contributed by atoms with Crippen molar-refractivity contribution in [2.75, 3.05) is 13.2 Å². The van der Waals surface area contributed by atoms with Gasteiger partial charge in [0.1, 0.15) is 24.7 Å². The average molecular weight is 432 g/mol. The van der Waals surface area contributed by atoms with Gasteiger partial charge in [0, 0.05) is 33.6 Å². The molecular formula is C24H15ClFN3O2. The minimum Gasteiger partial charge on any atom is -0.486 e. The first kappa shape index (κ1) is 18.2. The van der Waals surface area contributed by atoms with E-state index in [1.54, 1.807) is 18.3 Å². The Balaban J connectivity index is 1.70. The number of fused-ring (bicyclic) bond motifs is 4. The van der Waals surface area contributed by atoms with E-state index in [9.17, 15) is 4.39 Å². The molecule has 0 radical (unpaired) electrons. The zero-order valence-electron chi connectivity index (χ0n) is 16.2. The molecule has 3 heterocycles. The smallest absolute Gasteiger partial charge is 0.163 e. The van der Waals surface area contributed by atoms with Gasteiger partial charge in [-0.1, -0.05) is 11.6 Å². The molecule has 152 valence electrons. The van der Waals surface area contributed by atoms with Crippen LogP contribution in [0.5, 0.6) is 11.5 Å². The lowest BCUT2D eigenvalue weighted by molar-refractivity contribution is 0.172. The third-order valence-corrected chi connectivity index (χ3v) is 5.61. The van der Waals surface area contributed by atoms with E-state index in [-0.39, 0.29) is 5.82 Å². The van der Waals surface area contributed by atoms with Crippen LogP contribution in [0.4, 0.5) is 4.39 Å². The summed E-state index contributed by atoms with van der Waals surface area (Å²) in [6, 6.07) is 17.6. The Kier molecular flexibility index (Phi) is 4.07. The molecule has 0 saturated heterocycles. The normalized spacial score (nSPS) is 13.1. The van der Waals surface area contributed by atoms with E-state index in [1.165, 1.54) is 12.1 Å². The lowest BCUT2D eigenvalue weighted by atomic mass is 10.1. The zero-order chi connectivity index (χ0) is 20.9. The largest absolute Gasteiger partial charge is 0.486 e. The molecule has 0 aliphatic carbocycles. The van der Waals surface area contributed by atoms with E-state index < -0.39 is 0 Å². The maximum Gasteiger partial charge on any atom is 0.163 e. The molecule has 0 fully saturated rings. The van der Waals surface area contributed by atoms with Crippen LogP contribution in [-0.2, 0) is 0 Å². The molecule has 0 unspecified atom stereocenters. The Morgan fingerprint density at radius 3 is 2.32 bits per heavy atom. The van der Waals surface area contributed by atoms with Gasteiger partial charge in [0.15, 0.2) is 11.5 Å². The summed E-state index contributed by atoms with van der Waals surface area (Å²) < 4.78 is 26.9. The molecule has 0 atom stereocenters. The maximum absolute atomic E-state index is 13.5. The molecule has 0 N–H and O–H groups in total. The van der Waals surface area contributed by atoms with Crippen molar-refractivity contribution in [3.8, 4) is 28.4 Å². The third kappa shape index (κ3) is 2.99. The van der Waals surface area contributed by atoms with Crippen molar-refractivity contribution in [2.45, 2.75) is 0 Å². The van der Waals surface area contributed by atoms with E-state index in [1.807, 2.05) is 41.1 Å². The number of pyridine rings is 1. The Morgan fingerprint density at radius 2 is 1.58 bits per heavy atom. The molecule has 31 heavy (non-hydrogen) atoms. The fraction of sp³-hybridized carbons (Fsp3) is 0.0833. The lowest BCUT2D eigenvalue weighted by Crippen LogP contribution is -2.15. The van der Waals surface area contributed by atoms with E-state index in [2.05, 4.69) is 4.98 Å².